The summed E-state index contributed by atoms with van der Waals surface area (Å²) in [4.78, 5) is 39.7. The molecular weight excluding hydrogens is 518 g/mol. The maximum absolute atomic E-state index is 13.1. The number of anilines is 1. The molecule has 192 valence electrons. The van der Waals surface area contributed by atoms with Gasteiger partial charge in [0.15, 0.2) is 0 Å². The summed E-state index contributed by atoms with van der Waals surface area (Å²) in [6.07, 6.45) is 3.67. The second-order valence-electron chi connectivity index (χ2n) is 9.41. The molecule has 0 spiro atoms. The summed E-state index contributed by atoms with van der Waals surface area (Å²) >= 11 is 7.23. The van der Waals surface area contributed by atoms with Crippen molar-refractivity contribution in [3.05, 3.63) is 106 Å². The lowest BCUT2D eigenvalue weighted by atomic mass is 10.0. The fraction of sp³-hybridized carbons (Fsp3) is 0.167. The fourth-order valence-electron chi connectivity index (χ4n) is 4.40. The van der Waals surface area contributed by atoms with Gasteiger partial charge in [0.25, 0.3) is 11.1 Å². The van der Waals surface area contributed by atoms with Crippen LogP contribution in [0.5, 0.6) is 0 Å². The monoisotopic (exact) mass is 543 g/mol. The third-order valence-corrected chi connectivity index (χ3v) is 7.72. The summed E-state index contributed by atoms with van der Waals surface area (Å²) in [5, 5.41) is 3.94. The molecule has 8 heteroatoms. The molecule has 6 nitrogen and oxygen atoms in total. The number of carbonyl (C=O) groups is 3. The molecule has 0 saturated carbocycles. The zero-order valence-corrected chi connectivity index (χ0v) is 22.6. The quantitative estimate of drug-likeness (QED) is 0.251. The van der Waals surface area contributed by atoms with Gasteiger partial charge in [-0.25, -0.2) is 0 Å². The van der Waals surface area contributed by atoms with E-state index in [0.717, 1.165) is 44.3 Å². The third kappa shape index (κ3) is 5.39. The van der Waals surface area contributed by atoms with Gasteiger partial charge in [-0.2, -0.15) is 0 Å². The van der Waals surface area contributed by atoms with E-state index in [0.29, 0.717) is 23.2 Å². The zero-order chi connectivity index (χ0) is 26.8. The smallest absolute Gasteiger partial charge is 0.294 e. The number of aromatic nitrogens is 1. The minimum absolute atomic E-state index is 0.282. The highest BCUT2D eigenvalue weighted by Gasteiger charge is 2.36. The van der Waals surface area contributed by atoms with E-state index in [-0.39, 0.29) is 11.4 Å². The second-order valence-corrected chi connectivity index (χ2v) is 10.8. The van der Waals surface area contributed by atoms with Crippen molar-refractivity contribution in [2.24, 2.45) is 0 Å². The highest BCUT2D eigenvalue weighted by Crippen LogP contribution is 2.34. The molecule has 0 unspecified atom stereocenters. The Bertz CT molecular complexity index is 1570. The average Bonchev–Trinajstić information content (AvgIpc) is 3.37. The fourth-order valence-corrected chi connectivity index (χ4v) is 5.43. The Morgan fingerprint density at radius 3 is 2.45 bits per heavy atom. The van der Waals surface area contributed by atoms with Crippen molar-refractivity contribution in [1.82, 2.24) is 9.47 Å². The highest BCUT2D eigenvalue weighted by molar-refractivity contribution is 8.18. The summed E-state index contributed by atoms with van der Waals surface area (Å²) in [5.74, 6) is -0.526. The maximum atomic E-state index is 13.1. The van der Waals surface area contributed by atoms with E-state index in [9.17, 15) is 14.4 Å². The van der Waals surface area contributed by atoms with Crippen LogP contribution in [-0.4, -0.2) is 33.1 Å². The molecule has 1 saturated heterocycles. The van der Waals surface area contributed by atoms with E-state index in [1.807, 2.05) is 79.0 Å². The summed E-state index contributed by atoms with van der Waals surface area (Å²) in [5.41, 5.74) is 4.56. The molecule has 1 aliphatic rings. The Hall–Kier alpha value is -3.81. The lowest BCUT2D eigenvalue weighted by molar-refractivity contribution is -0.127. The van der Waals surface area contributed by atoms with Crippen LogP contribution in [0.2, 0.25) is 5.02 Å². The first-order chi connectivity index (χ1) is 18.3. The summed E-state index contributed by atoms with van der Waals surface area (Å²) < 4.78 is 2.07. The number of nitrogens with one attached hydrogen (secondary N) is 1. The van der Waals surface area contributed by atoms with Crippen LogP contribution >= 0.6 is 23.4 Å². The molecule has 1 fully saturated rings. The molecule has 4 aromatic rings. The van der Waals surface area contributed by atoms with Crippen molar-refractivity contribution >= 4 is 63.1 Å². The number of imide groups is 1. The number of halogens is 1. The third-order valence-electron chi connectivity index (χ3n) is 6.44. The van der Waals surface area contributed by atoms with Crippen LogP contribution in [0.4, 0.5) is 10.5 Å². The van der Waals surface area contributed by atoms with E-state index in [4.69, 9.17) is 11.6 Å². The lowest BCUT2D eigenvalue weighted by Gasteiger charge is -2.13. The molecule has 0 bridgehead atoms. The minimum atomic E-state index is -0.478. The molecule has 0 aliphatic carbocycles. The SMILES string of the molecule is CC(C)c1ccc(NC(=O)CN2C(=O)S/C(=C/c3cn(Cc4ccccc4Cl)c4ccccc34)C2=O)cc1. The number of fused-ring (bicyclic) bond motifs is 1. The Labute approximate surface area is 230 Å². The van der Waals surface area contributed by atoms with Gasteiger partial charge in [0, 0.05) is 39.9 Å². The standard InChI is InChI=1S/C30H26ClN3O3S/c1-19(2)20-11-13-23(14-12-20)32-28(35)18-34-29(36)27(38-30(34)37)15-22-17-33(26-10-6-4-8-24(22)26)16-21-7-3-5-9-25(21)31/h3-15,17,19H,16,18H2,1-2H3,(H,32,35)/b27-15+. The Kier molecular flexibility index (Phi) is 7.40. The number of hydrogen-bond donors (Lipinski definition) is 1. The van der Waals surface area contributed by atoms with Crippen LogP contribution < -0.4 is 5.32 Å². The largest absolute Gasteiger partial charge is 0.342 e. The van der Waals surface area contributed by atoms with Gasteiger partial charge in [-0.15, -0.1) is 0 Å². The van der Waals surface area contributed by atoms with E-state index in [1.165, 1.54) is 0 Å². The Morgan fingerprint density at radius 1 is 1.00 bits per heavy atom. The molecule has 1 aliphatic heterocycles. The van der Waals surface area contributed by atoms with Crippen molar-refractivity contribution in [3.8, 4) is 0 Å². The number of amides is 3. The molecule has 0 radical (unpaired) electrons. The maximum Gasteiger partial charge on any atom is 0.294 e. The number of rotatable bonds is 7. The predicted molar refractivity (Wildman–Crippen MR) is 154 cm³/mol. The van der Waals surface area contributed by atoms with Crippen molar-refractivity contribution in [2.75, 3.05) is 11.9 Å². The van der Waals surface area contributed by atoms with Gasteiger partial charge in [0.05, 0.1) is 4.91 Å². The highest BCUT2D eigenvalue weighted by atomic mass is 35.5. The lowest BCUT2D eigenvalue weighted by Crippen LogP contribution is -2.36. The van der Waals surface area contributed by atoms with Crippen molar-refractivity contribution < 1.29 is 14.4 Å². The molecular formula is C30H26ClN3O3S. The average molecular weight is 544 g/mol. The second kappa shape index (κ2) is 10.9. The van der Waals surface area contributed by atoms with E-state index >= 15 is 0 Å². The van der Waals surface area contributed by atoms with E-state index in [1.54, 1.807) is 6.08 Å². The number of thioether (sulfide) groups is 1. The van der Waals surface area contributed by atoms with Gasteiger partial charge in [-0.3, -0.25) is 19.3 Å². The topological polar surface area (TPSA) is 71.4 Å². The zero-order valence-electron chi connectivity index (χ0n) is 21.0. The summed E-state index contributed by atoms with van der Waals surface area (Å²) in [6.45, 7) is 4.41. The predicted octanol–water partition coefficient (Wildman–Crippen LogP) is 7.14. The van der Waals surface area contributed by atoms with Gasteiger partial charge < -0.3 is 9.88 Å². The number of nitrogens with zero attached hydrogens (tertiary/aromatic N) is 2. The number of hydrogen-bond acceptors (Lipinski definition) is 4. The number of benzene rings is 3. The molecule has 38 heavy (non-hydrogen) atoms. The normalized spacial score (nSPS) is 14.7. The molecule has 1 aromatic heterocycles. The molecule has 5 rings (SSSR count). The minimum Gasteiger partial charge on any atom is -0.342 e. The number of para-hydroxylation sites is 1. The number of carbonyl (C=O) groups excluding carboxylic acids is 3. The summed E-state index contributed by atoms with van der Waals surface area (Å²) in [7, 11) is 0. The van der Waals surface area contributed by atoms with Crippen LogP contribution in [0.3, 0.4) is 0 Å². The van der Waals surface area contributed by atoms with E-state index < -0.39 is 17.1 Å². The van der Waals surface area contributed by atoms with Gasteiger partial charge in [0.1, 0.15) is 6.54 Å². The van der Waals surface area contributed by atoms with Crippen LogP contribution in [0.1, 0.15) is 36.5 Å². The van der Waals surface area contributed by atoms with Gasteiger partial charge in [-0.1, -0.05) is 74.0 Å². The van der Waals surface area contributed by atoms with Crippen molar-refractivity contribution in [1.29, 1.82) is 0 Å². The first kappa shape index (κ1) is 25.8. The molecule has 3 aromatic carbocycles. The molecule has 1 N–H and O–H groups in total. The first-order valence-corrected chi connectivity index (χ1v) is 13.5. The van der Waals surface area contributed by atoms with E-state index in [2.05, 4.69) is 23.7 Å². The van der Waals surface area contributed by atoms with Crippen LogP contribution in [0.15, 0.2) is 83.9 Å². The van der Waals surface area contributed by atoms with Gasteiger partial charge in [0.2, 0.25) is 5.91 Å². The van der Waals surface area contributed by atoms with Crippen LogP contribution in [-0.2, 0) is 16.1 Å². The van der Waals surface area contributed by atoms with Crippen LogP contribution in [0.25, 0.3) is 17.0 Å². The molecule has 3 amide bonds. The van der Waals surface area contributed by atoms with Crippen LogP contribution in [0, 0.1) is 0 Å². The Morgan fingerprint density at radius 2 is 1.71 bits per heavy atom. The first-order valence-electron chi connectivity index (χ1n) is 12.3. The van der Waals surface area contributed by atoms with Crippen molar-refractivity contribution in [3.63, 3.8) is 0 Å². The van der Waals surface area contributed by atoms with Crippen molar-refractivity contribution in [2.45, 2.75) is 26.3 Å². The van der Waals surface area contributed by atoms with Gasteiger partial charge >= 0.3 is 0 Å². The van der Waals surface area contributed by atoms with Gasteiger partial charge in [-0.05, 0) is 59.1 Å². The molecule has 2 heterocycles. The Balaban J connectivity index is 1.34. The summed E-state index contributed by atoms with van der Waals surface area (Å²) in [6, 6.07) is 23.1. The molecule has 0 atom stereocenters.